The molecule has 1 aromatic carbocycles. The molecule has 0 spiro atoms. The Bertz CT molecular complexity index is 961. The van der Waals surface area contributed by atoms with E-state index in [-0.39, 0.29) is 5.91 Å². The first-order valence-electron chi connectivity index (χ1n) is 10.1. The molecule has 0 aliphatic rings. The zero-order valence-electron chi connectivity index (χ0n) is 17.4. The molecule has 1 amide bonds. The third kappa shape index (κ3) is 6.58. The van der Waals surface area contributed by atoms with Crippen LogP contribution in [0.15, 0.2) is 61.1 Å². The Morgan fingerprint density at radius 1 is 0.967 bits per heavy atom. The molecule has 0 bridgehead atoms. The van der Waals surface area contributed by atoms with Crippen molar-refractivity contribution in [3.8, 4) is 11.5 Å². The van der Waals surface area contributed by atoms with E-state index in [0.29, 0.717) is 31.2 Å². The van der Waals surface area contributed by atoms with Gasteiger partial charge in [-0.3, -0.25) is 9.78 Å². The predicted molar refractivity (Wildman–Crippen MR) is 117 cm³/mol. The summed E-state index contributed by atoms with van der Waals surface area (Å²) in [5, 5.41) is 2.84. The lowest BCUT2D eigenvalue weighted by Gasteiger charge is -2.12. The maximum absolute atomic E-state index is 12.3. The molecule has 3 rings (SSSR count). The van der Waals surface area contributed by atoms with E-state index in [1.165, 1.54) is 5.56 Å². The molecule has 0 fully saturated rings. The van der Waals surface area contributed by atoms with Crippen LogP contribution in [0.25, 0.3) is 0 Å². The van der Waals surface area contributed by atoms with Gasteiger partial charge in [-0.25, -0.2) is 4.98 Å². The predicted octanol–water partition coefficient (Wildman–Crippen LogP) is 4.86. The molecule has 6 heteroatoms. The number of unbranched alkanes of at least 4 members (excludes halogenated alkanes) is 1. The number of pyridine rings is 2. The highest BCUT2D eigenvalue weighted by molar-refractivity contribution is 5.91. The minimum atomic E-state index is -0.0887. The molecule has 30 heavy (non-hydrogen) atoms. The lowest BCUT2D eigenvalue weighted by atomic mass is 10.1. The average molecular weight is 405 g/mol. The van der Waals surface area contributed by atoms with Crippen LogP contribution in [0.4, 0.5) is 5.82 Å². The standard InChI is InChI=1S/C24H27N3O3/c1-18-8-9-19(2)22(16-18)29-15-4-3-7-23(28)27-24-21(6-5-12-26-24)30-17-20-10-13-25-14-11-20/h5-6,8-14,16H,3-4,7,15,17H2,1-2H3,(H,26,27,28). The Morgan fingerprint density at radius 2 is 1.80 bits per heavy atom. The average Bonchev–Trinajstić information content (AvgIpc) is 2.76. The summed E-state index contributed by atoms with van der Waals surface area (Å²) in [6.45, 7) is 5.04. The number of anilines is 1. The Morgan fingerprint density at radius 3 is 2.63 bits per heavy atom. The number of nitrogens with one attached hydrogen (secondary N) is 1. The molecule has 6 nitrogen and oxygen atoms in total. The van der Waals surface area contributed by atoms with Gasteiger partial charge < -0.3 is 14.8 Å². The zero-order valence-corrected chi connectivity index (χ0v) is 17.4. The largest absolute Gasteiger partial charge is 0.493 e. The van der Waals surface area contributed by atoms with E-state index in [0.717, 1.165) is 29.7 Å². The van der Waals surface area contributed by atoms with E-state index in [1.54, 1.807) is 30.7 Å². The lowest BCUT2D eigenvalue weighted by Crippen LogP contribution is -2.14. The number of amides is 1. The fourth-order valence-corrected chi connectivity index (χ4v) is 2.87. The van der Waals surface area contributed by atoms with Crippen molar-refractivity contribution in [1.29, 1.82) is 0 Å². The van der Waals surface area contributed by atoms with Crippen molar-refractivity contribution in [2.45, 2.75) is 39.7 Å². The molecule has 1 N–H and O–H groups in total. The van der Waals surface area contributed by atoms with Crippen LogP contribution < -0.4 is 14.8 Å². The molecule has 2 heterocycles. The van der Waals surface area contributed by atoms with Gasteiger partial charge in [0.25, 0.3) is 0 Å². The first kappa shape index (κ1) is 21.3. The number of rotatable bonds is 10. The number of carbonyl (C=O) groups excluding carboxylic acids is 1. The van der Waals surface area contributed by atoms with Crippen LogP contribution in [-0.4, -0.2) is 22.5 Å². The third-order valence-electron chi connectivity index (χ3n) is 4.57. The van der Waals surface area contributed by atoms with Gasteiger partial charge in [0, 0.05) is 25.0 Å². The highest BCUT2D eigenvalue weighted by Gasteiger charge is 2.09. The second kappa shape index (κ2) is 11.0. The topological polar surface area (TPSA) is 73.3 Å². The van der Waals surface area contributed by atoms with E-state index >= 15 is 0 Å². The number of nitrogens with zero attached hydrogens (tertiary/aromatic N) is 2. The van der Waals surface area contributed by atoms with Gasteiger partial charge in [0.2, 0.25) is 5.91 Å². The van der Waals surface area contributed by atoms with Gasteiger partial charge in [-0.2, -0.15) is 0 Å². The molecule has 3 aromatic rings. The van der Waals surface area contributed by atoms with Crippen molar-refractivity contribution >= 4 is 11.7 Å². The molecular formula is C24H27N3O3. The Hall–Kier alpha value is -3.41. The first-order valence-corrected chi connectivity index (χ1v) is 10.1. The van der Waals surface area contributed by atoms with E-state index in [9.17, 15) is 4.79 Å². The van der Waals surface area contributed by atoms with Gasteiger partial charge in [-0.1, -0.05) is 12.1 Å². The number of hydrogen-bond donors (Lipinski definition) is 1. The SMILES string of the molecule is Cc1ccc(C)c(OCCCCC(=O)Nc2ncccc2OCc2ccncc2)c1. The lowest BCUT2D eigenvalue weighted by molar-refractivity contribution is -0.116. The summed E-state index contributed by atoms with van der Waals surface area (Å²) in [5.74, 6) is 1.79. The minimum absolute atomic E-state index is 0.0887. The summed E-state index contributed by atoms with van der Waals surface area (Å²) in [4.78, 5) is 20.5. The van der Waals surface area contributed by atoms with Gasteiger partial charge in [-0.15, -0.1) is 0 Å². The molecule has 0 aliphatic carbocycles. The van der Waals surface area contributed by atoms with E-state index in [1.807, 2.05) is 32.0 Å². The van der Waals surface area contributed by atoms with Gasteiger partial charge in [-0.05, 0) is 73.7 Å². The quantitative estimate of drug-likeness (QED) is 0.488. The normalized spacial score (nSPS) is 10.5. The molecule has 0 radical (unpaired) electrons. The summed E-state index contributed by atoms with van der Waals surface area (Å²) >= 11 is 0. The number of aromatic nitrogens is 2. The molecule has 0 aliphatic heterocycles. The van der Waals surface area contributed by atoms with Crippen LogP contribution >= 0.6 is 0 Å². The smallest absolute Gasteiger partial charge is 0.225 e. The summed E-state index contributed by atoms with van der Waals surface area (Å²) in [6, 6.07) is 13.5. The second-order valence-electron chi connectivity index (χ2n) is 7.12. The first-order chi connectivity index (χ1) is 14.6. The fraction of sp³-hybridized carbons (Fsp3) is 0.292. The fourth-order valence-electron chi connectivity index (χ4n) is 2.87. The van der Waals surface area contributed by atoms with Crippen molar-refractivity contribution in [1.82, 2.24) is 9.97 Å². The van der Waals surface area contributed by atoms with Crippen molar-refractivity contribution in [3.63, 3.8) is 0 Å². The maximum Gasteiger partial charge on any atom is 0.225 e. The van der Waals surface area contributed by atoms with E-state index in [4.69, 9.17) is 9.47 Å². The number of aryl methyl sites for hydroxylation is 2. The monoisotopic (exact) mass is 405 g/mol. The Labute approximate surface area is 177 Å². The van der Waals surface area contributed by atoms with Crippen LogP contribution in [0.3, 0.4) is 0 Å². The maximum atomic E-state index is 12.3. The summed E-state index contributed by atoms with van der Waals surface area (Å²) < 4.78 is 11.7. The second-order valence-corrected chi connectivity index (χ2v) is 7.12. The van der Waals surface area contributed by atoms with Gasteiger partial charge in [0.05, 0.1) is 6.61 Å². The molecule has 156 valence electrons. The minimum Gasteiger partial charge on any atom is -0.493 e. The van der Waals surface area contributed by atoms with Crippen molar-refractivity contribution < 1.29 is 14.3 Å². The summed E-state index contributed by atoms with van der Waals surface area (Å²) in [5.41, 5.74) is 3.29. The van der Waals surface area contributed by atoms with E-state index in [2.05, 4.69) is 27.4 Å². The van der Waals surface area contributed by atoms with Crippen LogP contribution in [0.5, 0.6) is 11.5 Å². The number of benzene rings is 1. The van der Waals surface area contributed by atoms with Crippen molar-refractivity contribution in [3.05, 3.63) is 77.7 Å². The molecule has 0 saturated carbocycles. The molecule has 2 aromatic heterocycles. The molecule has 0 atom stereocenters. The van der Waals surface area contributed by atoms with Crippen LogP contribution in [0.2, 0.25) is 0 Å². The van der Waals surface area contributed by atoms with Crippen LogP contribution in [0, 0.1) is 13.8 Å². The van der Waals surface area contributed by atoms with Crippen molar-refractivity contribution in [2.75, 3.05) is 11.9 Å². The van der Waals surface area contributed by atoms with Crippen molar-refractivity contribution in [2.24, 2.45) is 0 Å². The highest BCUT2D eigenvalue weighted by atomic mass is 16.5. The Kier molecular flexibility index (Phi) is 7.78. The summed E-state index contributed by atoms with van der Waals surface area (Å²) in [6.07, 6.45) is 7.00. The number of hydrogen-bond acceptors (Lipinski definition) is 5. The van der Waals surface area contributed by atoms with Crippen LogP contribution in [-0.2, 0) is 11.4 Å². The Balaban J connectivity index is 1.42. The van der Waals surface area contributed by atoms with Gasteiger partial charge in [0.1, 0.15) is 12.4 Å². The molecular weight excluding hydrogens is 378 g/mol. The molecule has 0 saturated heterocycles. The third-order valence-corrected chi connectivity index (χ3v) is 4.57. The van der Waals surface area contributed by atoms with Crippen LogP contribution in [0.1, 0.15) is 36.0 Å². The van der Waals surface area contributed by atoms with Gasteiger partial charge >= 0.3 is 0 Å². The highest BCUT2D eigenvalue weighted by Crippen LogP contribution is 2.23. The molecule has 0 unspecified atom stereocenters. The number of ether oxygens (including phenoxy) is 2. The zero-order chi connectivity index (χ0) is 21.2. The van der Waals surface area contributed by atoms with Gasteiger partial charge in [0.15, 0.2) is 11.6 Å². The summed E-state index contributed by atoms with van der Waals surface area (Å²) in [7, 11) is 0. The van der Waals surface area contributed by atoms with E-state index < -0.39 is 0 Å². The number of carbonyl (C=O) groups is 1.